The third-order valence-electron chi connectivity index (χ3n) is 3.93. The second kappa shape index (κ2) is 8.48. The van der Waals surface area contributed by atoms with Gasteiger partial charge in [-0.2, -0.15) is 13.2 Å². The van der Waals surface area contributed by atoms with E-state index in [1.807, 2.05) is 0 Å². The first-order chi connectivity index (χ1) is 11.4. The van der Waals surface area contributed by atoms with Gasteiger partial charge in [-0.15, -0.1) is 0 Å². The van der Waals surface area contributed by atoms with Crippen LogP contribution in [-0.2, 0) is 20.4 Å². The van der Waals surface area contributed by atoms with Crippen LogP contribution in [-0.4, -0.2) is 38.9 Å². The van der Waals surface area contributed by atoms with Crippen LogP contribution >= 0.6 is 0 Å². The van der Waals surface area contributed by atoms with Gasteiger partial charge in [0.2, 0.25) is 5.91 Å². The second-order valence-corrected chi connectivity index (χ2v) is 5.81. The van der Waals surface area contributed by atoms with Crippen LogP contribution in [0.3, 0.4) is 0 Å². The number of nitrogens with one attached hydrogen (secondary N) is 1. The van der Waals surface area contributed by atoms with Crippen molar-refractivity contribution >= 4 is 5.91 Å². The maximum Gasteiger partial charge on any atom is 0.416 e. The predicted molar refractivity (Wildman–Crippen MR) is 82.7 cm³/mol. The van der Waals surface area contributed by atoms with Crippen LogP contribution in [0.4, 0.5) is 13.2 Å². The minimum atomic E-state index is -4.37. The van der Waals surface area contributed by atoms with Gasteiger partial charge in [0.05, 0.1) is 18.8 Å². The summed E-state index contributed by atoms with van der Waals surface area (Å²) < 4.78 is 49.1. The maximum atomic E-state index is 13.0. The predicted octanol–water partition coefficient (Wildman–Crippen LogP) is 3.12. The molecule has 0 unspecified atom stereocenters. The highest BCUT2D eigenvalue weighted by molar-refractivity contribution is 5.76. The molecule has 1 aliphatic rings. The summed E-state index contributed by atoms with van der Waals surface area (Å²) in [5, 5.41) is 2.80. The molecule has 1 N–H and O–H groups in total. The van der Waals surface area contributed by atoms with E-state index in [2.05, 4.69) is 5.32 Å². The number of benzene rings is 1. The van der Waals surface area contributed by atoms with Crippen LogP contribution in [0.15, 0.2) is 24.3 Å². The molecule has 2 atom stereocenters. The van der Waals surface area contributed by atoms with Gasteiger partial charge in [-0.25, -0.2) is 0 Å². The normalized spacial score (nSPS) is 20.0. The lowest BCUT2D eigenvalue weighted by molar-refractivity contribution is -0.138. The summed E-state index contributed by atoms with van der Waals surface area (Å²) in [7, 11) is 1.58. The first-order valence-corrected chi connectivity index (χ1v) is 7.95. The van der Waals surface area contributed by atoms with Crippen molar-refractivity contribution < 1.29 is 27.4 Å². The molecule has 1 aromatic carbocycles. The average molecular weight is 345 g/mol. The number of ether oxygens (including phenoxy) is 2. The molecule has 7 heteroatoms. The number of amides is 1. The fourth-order valence-electron chi connectivity index (χ4n) is 2.63. The number of rotatable bonds is 9. The summed E-state index contributed by atoms with van der Waals surface area (Å²) in [4.78, 5) is 11.8. The molecule has 1 saturated carbocycles. The summed E-state index contributed by atoms with van der Waals surface area (Å²) in [6.07, 6.45) is -2.94. The molecular formula is C17H22F3NO3. The lowest BCUT2D eigenvalue weighted by atomic mass is 10.0. The van der Waals surface area contributed by atoms with Gasteiger partial charge in [0.25, 0.3) is 0 Å². The van der Waals surface area contributed by atoms with Crippen LogP contribution < -0.4 is 5.32 Å². The quantitative estimate of drug-likeness (QED) is 0.700. The van der Waals surface area contributed by atoms with E-state index >= 15 is 0 Å². The lowest BCUT2D eigenvalue weighted by Gasteiger charge is -2.12. The van der Waals surface area contributed by atoms with Crippen LogP contribution in [0.2, 0.25) is 0 Å². The summed E-state index contributed by atoms with van der Waals surface area (Å²) >= 11 is 0. The molecule has 0 heterocycles. The van der Waals surface area contributed by atoms with Crippen molar-refractivity contribution in [3.63, 3.8) is 0 Å². The number of halogens is 3. The molecule has 24 heavy (non-hydrogen) atoms. The van der Waals surface area contributed by atoms with E-state index in [4.69, 9.17) is 9.47 Å². The number of alkyl halides is 3. The summed E-state index contributed by atoms with van der Waals surface area (Å²) in [5.41, 5.74) is -0.350. The molecule has 0 aliphatic heterocycles. The summed E-state index contributed by atoms with van der Waals surface area (Å²) in [5.74, 6) is -0.410. The van der Waals surface area contributed by atoms with Crippen molar-refractivity contribution in [1.29, 1.82) is 0 Å². The molecule has 0 spiro atoms. The van der Waals surface area contributed by atoms with E-state index in [9.17, 15) is 18.0 Å². The van der Waals surface area contributed by atoms with Gasteiger partial charge in [-0.3, -0.25) is 4.79 Å². The van der Waals surface area contributed by atoms with Gasteiger partial charge in [0, 0.05) is 32.1 Å². The Kier molecular flexibility index (Phi) is 6.62. The van der Waals surface area contributed by atoms with E-state index < -0.39 is 11.7 Å². The zero-order valence-corrected chi connectivity index (χ0v) is 13.6. The molecule has 134 valence electrons. The Morgan fingerprint density at radius 1 is 1.25 bits per heavy atom. The molecule has 0 aromatic heterocycles. The van der Waals surface area contributed by atoms with Gasteiger partial charge in [0.1, 0.15) is 0 Å². The van der Waals surface area contributed by atoms with Crippen LogP contribution in [0.25, 0.3) is 0 Å². The Hall–Kier alpha value is -1.60. The van der Waals surface area contributed by atoms with E-state index in [0.29, 0.717) is 39.1 Å². The van der Waals surface area contributed by atoms with Crippen LogP contribution in [0.5, 0.6) is 0 Å². The number of hydrogen-bond acceptors (Lipinski definition) is 3. The number of carbonyl (C=O) groups is 1. The molecule has 4 nitrogen and oxygen atoms in total. The van der Waals surface area contributed by atoms with Gasteiger partial charge in [-0.05, 0) is 24.5 Å². The summed E-state index contributed by atoms with van der Waals surface area (Å²) in [6, 6.07) is 5.34. The first-order valence-electron chi connectivity index (χ1n) is 7.95. The van der Waals surface area contributed by atoms with E-state index in [1.165, 1.54) is 12.1 Å². The third-order valence-corrected chi connectivity index (χ3v) is 3.93. The van der Waals surface area contributed by atoms with E-state index in [1.54, 1.807) is 13.2 Å². The van der Waals surface area contributed by atoms with Gasteiger partial charge >= 0.3 is 6.18 Å². The fraction of sp³-hybridized carbons (Fsp3) is 0.588. The Balaban J connectivity index is 1.75. The van der Waals surface area contributed by atoms with Gasteiger partial charge in [0.15, 0.2) is 0 Å². The van der Waals surface area contributed by atoms with Crippen molar-refractivity contribution in [3.8, 4) is 0 Å². The van der Waals surface area contributed by atoms with Gasteiger partial charge in [-0.1, -0.05) is 18.2 Å². The zero-order chi connectivity index (χ0) is 17.6. The fourth-order valence-corrected chi connectivity index (χ4v) is 2.63. The highest BCUT2D eigenvalue weighted by atomic mass is 19.4. The monoisotopic (exact) mass is 345 g/mol. The topological polar surface area (TPSA) is 47.6 Å². The average Bonchev–Trinajstić information content (AvgIpc) is 3.29. The van der Waals surface area contributed by atoms with Gasteiger partial charge < -0.3 is 14.8 Å². The molecule has 0 bridgehead atoms. The summed E-state index contributed by atoms with van der Waals surface area (Å²) in [6.45, 7) is 1.45. The number of methoxy groups -OCH3 is 1. The molecule has 2 rings (SSSR count). The maximum absolute atomic E-state index is 13.0. The second-order valence-electron chi connectivity index (χ2n) is 5.81. The standard InChI is InChI=1S/C17H22F3NO3/c1-23-9-10-24-8-4-7-16(22)21-15-11-13(15)12-5-2-3-6-14(12)17(18,19)20/h2-3,5-6,13,15H,4,7-11H2,1H3,(H,21,22)/t13-,15+/m0/s1. The Bertz CT molecular complexity index is 548. The molecular weight excluding hydrogens is 323 g/mol. The third kappa shape index (κ3) is 5.49. The van der Waals surface area contributed by atoms with Crippen molar-refractivity contribution in [2.45, 2.75) is 37.4 Å². The molecule has 1 aromatic rings. The smallest absolute Gasteiger partial charge is 0.382 e. The Morgan fingerprint density at radius 2 is 2.00 bits per heavy atom. The first kappa shape index (κ1) is 18.7. The number of carbonyl (C=O) groups excluding carboxylic acids is 1. The molecule has 1 aliphatic carbocycles. The SMILES string of the molecule is COCCOCCCC(=O)N[C@@H]1C[C@H]1c1ccccc1C(F)(F)F. The largest absolute Gasteiger partial charge is 0.416 e. The van der Waals surface area contributed by atoms with Crippen LogP contribution in [0, 0.1) is 0 Å². The lowest BCUT2D eigenvalue weighted by Crippen LogP contribution is -2.27. The minimum Gasteiger partial charge on any atom is -0.382 e. The van der Waals surface area contributed by atoms with Crippen LogP contribution in [0.1, 0.15) is 36.3 Å². The zero-order valence-electron chi connectivity index (χ0n) is 13.6. The Labute approximate surface area is 139 Å². The number of hydrogen-bond donors (Lipinski definition) is 1. The van der Waals surface area contributed by atoms with Crippen molar-refractivity contribution in [2.24, 2.45) is 0 Å². The van der Waals surface area contributed by atoms with Crippen molar-refractivity contribution in [1.82, 2.24) is 5.32 Å². The highest BCUT2D eigenvalue weighted by Crippen LogP contribution is 2.46. The molecule has 1 fully saturated rings. The van der Waals surface area contributed by atoms with Crippen molar-refractivity contribution in [3.05, 3.63) is 35.4 Å². The minimum absolute atomic E-state index is 0.151. The molecule has 1 amide bonds. The van der Waals surface area contributed by atoms with E-state index in [0.717, 1.165) is 6.07 Å². The molecule has 0 radical (unpaired) electrons. The highest BCUT2D eigenvalue weighted by Gasteiger charge is 2.44. The molecule has 0 saturated heterocycles. The van der Waals surface area contributed by atoms with E-state index in [-0.39, 0.29) is 23.4 Å². The van der Waals surface area contributed by atoms with Crippen molar-refractivity contribution in [2.75, 3.05) is 26.9 Å². The Morgan fingerprint density at radius 3 is 2.71 bits per heavy atom.